The molecule has 5 heteroatoms. The fraction of sp³-hybridized carbons (Fsp3) is 0.462. The Morgan fingerprint density at radius 1 is 1.61 bits per heavy atom. The molecule has 0 bridgehead atoms. The van der Waals surface area contributed by atoms with Crippen LogP contribution in [0.4, 0.5) is 0 Å². The van der Waals surface area contributed by atoms with E-state index in [-0.39, 0.29) is 10.8 Å². The Labute approximate surface area is 120 Å². The number of nitrogens with zero attached hydrogens (tertiary/aromatic N) is 1. The van der Waals surface area contributed by atoms with Gasteiger partial charge in [0.2, 0.25) is 0 Å². The van der Waals surface area contributed by atoms with Crippen LogP contribution in [0.3, 0.4) is 0 Å². The van der Waals surface area contributed by atoms with Gasteiger partial charge in [-0.2, -0.15) is 0 Å². The van der Waals surface area contributed by atoms with Crippen molar-refractivity contribution in [1.29, 1.82) is 0 Å². The van der Waals surface area contributed by atoms with Gasteiger partial charge >= 0.3 is 0 Å². The Bertz CT molecular complexity index is 443. The Hall–Kier alpha value is -0.520. The third kappa shape index (κ3) is 4.30. The average molecular weight is 331 g/mol. The third-order valence-corrected chi connectivity index (χ3v) is 4.64. The summed E-state index contributed by atoms with van der Waals surface area (Å²) in [7, 11) is -1.12. The van der Waals surface area contributed by atoms with Crippen molar-refractivity contribution >= 4 is 26.9 Å². The van der Waals surface area contributed by atoms with E-state index in [0.717, 1.165) is 10.2 Å². The number of aromatic nitrogens is 1. The molecule has 0 amide bonds. The molecule has 1 aromatic heterocycles. The highest BCUT2D eigenvalue weighted by Crippen LogP contribution is 2.25. The molecule has 0 aliphatic carbocycles. The smallest absolute Gasteiger partial charge is 0.110 e. The lowest BCUT2D eigenvalue weighted by Crippen LogP contribution is -2.35. The fourth-order valence-corrected chi connectivity index (χ4v) is 2.73. The zero-order chi connectivity index (χ0) is 13.8. The highest BCUT2D eigenvalue weighted by Gasteiger charge is 2.24. The van der Waals surface area contributed by atoms with Gasteiger partial charge in [0.15, 0.2) is 0 Å². The summed E-state index contributed by atoms with van der Waals surface area (Å²) in [5, 5.41) is 0. The molecule has 1 heterocycles. The molecule has 18 heavy (non-hydrogen) atoms. The number of nitrogens with one attached hydrogen (secondary N) is 1. The first kappa shape index (κ1) is 15.5. The van der Waals surface area contributed by atoms with Crippen molar-refractivity contribution in [3.8, 4) is 0 Å². The summed E-state index contributed by atoms with van der Waals surface area (Å²) in [5.41, 5.74) is 0.995. The van der Waals surface area contributed by atoms with Gasteiger partial charge in [-0.15, -0.1) is 6.58 Å². The zero-order valence-corrected chi connectivity index (χ0v) is 13.3. The summed E-state index contributed by atoms with van der Waals surface area (Å²) in [6.07, 6.45) is 4.24. The van der Waals surface area contributed by atoms with Crippen LogP contribution in [0.5, 0.6) is 0 Å². The highest BCUT2D eigenvalue weighted by molar-refractivity contribution is 9.10. The monoisotopic (exact) mass is 330 g/mol. The molecule has 3 nitrogen and oxygen atoms in total. The first-order chi connectivity index (χ1) is 8.36. The highest BCUT2D eigenvalue weighted by atomic mass is 79.9. The minimum atomic E-state index is -1.12. The molecule has 1 rings (SSSR count). The molecule has 0 spiro atoms. The molecular formula is C13H19BrN2OS. The van der Waals surface area contributed by atoms with E-state index < -0.39 is 11.0 Å². The topological polar surface area (TPSA) is 42.0 Å². The van der Waals surface area contributed by atoms with Gasteiger partial charge in [0, 0.05) is 11.8 Å². The van der Waals surface area contributed by atoms with Crippen molar-refractivity contribution in [2.45, 2.75) is 38.0 Å². The molecule has 0 saturated carbocycles. The molecule has 0 unspecified atom stereocenters. The van der Waals surface area contributed by atoms with E-state index in [4.69, 9.17) is 0 Å². The standard InChI is InChI=1S/C13H19BrN2OS/c1-5-7-11(16-18(17)13(2,3)4)10-8-6-9-15-12(10)14/h5-6,8-9,11,16H,1,7H2,2-4H3/t11-,18+/m1/s1. The first-order valence-electron chi connectivity index (χ1n) is 5.75. The maximum atomic E-state index is 12.2. The molecule has 0 saturated heterocycles. The van der Waals surface area contributed by atoms with E-state index in [2.05, 4.69) is 32.2 Å². The van der Waals surface area contributed by atoms with Crippen LogP contribution in [0.25, 0.3) is 0 Å². The van der Waals surface area contributed by atoms with Gasteiger partial charge < -0.3 is 0 Å². The van der Waals surface area contributed by atoms with Gasteiger partial charge in [-0.25, -0.2) is 13.9 Å². The second-order valence-electron chi connectivity index (χ2n) is 4.96. The van der Waals surface area contributed by atoms with Crippen LogP contribution in [0, 0.1) is 0 Å². The van der Waals surface area contributed by atoms with Crippen LogP contribution in [0.1, 0.15) is 38.8 Å². The second-order valence-corrected chi connectivity index (χ2v) is 7.71. The molecule has 0 aromatic carbocycles. The molecule has 1 aromatic rings. The van der Waals surface area contributed by atoms with Gasteiger partial charge in [0.25, 0.3) is 0 Å². The number of halogens is 1. The van der Waals surface area contributed by atoms with Crippen LogP contribution >= 0.6 is 15.9 Å². The van der Waals surface area contributed by atoms with Crippen molar-refractivity contribution in [3.63, 3.8) is 0 Å². The third-order valence-electron chi connectivity index (χ3n) is 2.37. The van der Waals surface area contributed by atoms with E-state index in [1.54, 1.807) is 6.20 Å². The lowest BCUT2D eigenvalue weighted by atomic mass is 10.1. The van der Waals surface area contributed by atoms with Crippen molar-refractivity contribution in [3.05, 3.63) is 41.2 Å². The van der Waals surface area contributed by atoms with E-state index in [0.29, 0.717) is 6.42 Å². The second kappa shape index (κ2) is 6.59. The predicted molar refractivity (Wildman–Crippen MR) is 80.5 cm³/mol. The summed E-state index contributed by atoms with van der Waals surface area (Å²) in [4.78, 5) is 4.20. The van der Waals surface area contributed by atoms with Gasteiger partial charge in [-0.3, -0.25) is 0 Å². The number of pyridine rings is 1. The summed E-state index contributed by atoms with van der Waals surface area (Å²) < 4.78 is 15.8. The maximum Gasteiger partial charge on any atom is 0.110 e. The Balaban J connectivity index is 2.94. The van der Waals surface area contributed by atoms with Crippen LogP contribution in [0.15, 0.2) is 35.6 Å². The van der Waals surface area contributed by atoms with Crippen molar-refractivity contribution in [1.82, 2.24) is 9.71 Å². The predicted octanol–water partition coefficient (Wildman–Crippen LogP) is 3.51. The van der Waals surface area contributed by atoms with Crippen molar-refractivity contribution < 1.29 is 4.21 Å². The summed E-state index contributed by atoms with van der Waals surface area (Å²) in [5.74, 6) is 0. The first-order valence-corrected chi connectivity index (χ1v) is 7.70. The molecule has 100 valence electrons. The van der Waals surface area contributed by atoms with Crippen LogP contribution in [-0.4, -0.2) is 13.9 Å². The van der Waals surface area contributed by atoms with E-state index in [1.807, 2.05) is 39.0 Å². The average Bonchev–Trinajstić information content (AvgIpc) is 2.28. The van der Waals surface area contributed by atoms with E-state index in [9.17, 15) is 4.21 Å². The van der Waals surface area contributed by atoms with Crippen molar-refractivity contribution in [2.75, 3.05) is 0 Å². The summed E-state index contributed by atoms with van der Waals surface area (Å²) in [6, 6.07) is 3.79. The Morgan fingerprint density at radius 2 is 2.28 bits per heavy atom. The normalized spacial score (nSPS) is 15.1. The van der Waals surface area contributed by atoms with Crippen LogP contribution < -0.4 is 4.72 Å². The van der Waals surface area contributed by atoms with E-state index >= 15 is 0 Å². The molecule has 0 radical (unpaired) electrons. The maximum absolute atomic E-state index is 12.2. The molecule has 0 fully saturated rings. The quantitative estimate of drug-likeness (QED) is 0.663. The minimum Gasteiger partial charge on any atom is -0.249 e. The summed E-state index contributed by atoms with van der Waals surface area (Å²) >= 11 is 3.42. The lowest BCUT2D eigenvalue weighted by molar-refractivity contribution is 0.599. The Morgan fingerprint density at radius 3 is 2.78 bits per heavy atom. The fourth-order valence-electron chi connectivity index (χ4n) is 1.37. The van der Waals surface area contributed by atoms with Gasteiger partial charge in [0.1, 0.15) is 4.60 Å². The number of hydrogen-bond donors (Lipinski definition) is 1. The lowest BCUT2D eigenvalue weighted by Gasteiger charge is -2.24. The SMILES string of the molecule is C=CC[C@@H](N[S@@](=O)C(C)(C)C)c1cccnc1Br. The van der Waals surface area contributed by atoms with Crippen LogP contribution in [-0.2, 0) is 11.0 Å². The van der Waals surface area contributed by atoms with Crippen LogP contribution in [0.2, 0.25) is 0 Å². The number of hydrogen-bond acceptors (Lipinski definition) is 2. The zero-order valence-electron chi connectivity index (χ0n) is 10.9. The molecule has 0 aliphatic rings. The molecule has 2 atom stereocenters. The molecule has 0 aliphatic heterocycles. The van der Waals surface area contributed by atoms with Gasteiger partial charge in [-0.05, 0) is 49.2 Å². The van der Waals surface area contributed by atoms with Gasteiger partial charge in [0.05, 0.1) is 21.8 Å². The summed E-state index contributed by atoms with van der Waals surface area (Å²) in [6.45, 7) is 9.58. The number of rotatable bonds is 5. The Kier molecular flexibility index (Phi) is 5.69. The van der Waals surface area contributed by atoms with E-state index in [1.165, 1.54) is 0 Å². The van der Waals surface area contributed by atoms with Crippen molar-refractivity contribution in [2.24, 2.45) is 0 Å². The van der Waals surface area contributed by atoms with Gasteiger partial charge in [-0.1, -0.05) is 12.1 Å². The molecular weight excluding hydrogens is 312 g/mol. The minimum absolute atomic E-state index is 0.0503. The largest absolute Gasteiger partial charge is 0.249 e. The molecule has 1 N–H and O–H groups in total.